The fourth-order valence-electron chi connectivity index (χ4n) is 1.82. The Bertz CT molecular complexity index is 632. The van der Waals surface area contributed by atoms with Crippen LogP contribution in [0, 0.1) is 10.1 Å². The molecule has 0 spiro atoms. The lowest BCUT2D eigenvalue weighted by Crippen LogP contribution is -3.00. The van der Waals surface area contributed by atoms with Crippen LogP contribution in [0.3, 0.4) is 0 Å². The fourth-order valence-corrected chi connectivity index (χ4v) is 1.82. The highest BCUT2D eigenvalue weighted by Crippen LogP contribution is 2.17. The number of nitrogens with zero attached hydrogens (tertiary/aromatic N) is 1. The van der Waals surface area contributed by atoms with Gasteiger partial charge in [0.1, 0.15) is 5.75 Å². The summed E-state index contributed by atoms with van der Waals surface area (Å²) in [5.74, 6) is -0.194. The van der Waals surface area contributed by atoms with Crippen LogP contribution in [-0.4, -0.2) is 16.9 Å². The Morgan fingerprint density at radius 2 is 1.73 bits per heavy atom. The molecular weight excluding hydrogens is 352 g/mol. The number of quaternary nitrogens is 1. The number of esters is 1. The third-order valence-corrected chi connectivity index (χ3v) is 2.92. The predicted molar refractivity (Wildman–Crippen MR) is 75.6 cm³/mol. The quantitative estimate of drug-likeness (QED) is 0.297. The van der Waals surface area contributed by atoms with Gasteiger partial charge in [-0.1, -0.05) is 30.3 Å². The Morgan fingerprint density at radius 1 is 1.14 bits per heavy atom. The van der Waals surface area contributed by atoms with Crippen molar-refractivity contribution in [2.24, 2.45) is 0 Å². The van der Waals surface area contributed by atoms with Gasteiger partial charge in [0.05, 0.1) is 4.92 Å². The maximum absolute atomic E-state index is 11.9. The van der Waals surface area contributed by atoms with E-state index in [4.69, 9.17) is 4.74 Å². The fraction of sp³-hybridized carbons (Fsp3) is 0.133. The first-order chi connectivity index (χ1) is 10.1. The van der Waals surface area contributed by atoms with Gasteiger partial charge in [0.2, 0.25) is 0 Å². The highest BCUT2D eigenvalue weighted by Gasteiger charge is 2.20. The van der Waals surface area contributed by atoms with Crippen LogP contribution in [0.15, 0.2) is 54.6 Å². The lowest BCUT2D eigenvalue weighted by molar-refractivity contribution is -0.406. The number of benzene rings is 2. The van der Waals surface area contributed by atoms with Crippen molar-refractivity contribution in [2.75, 3.05) is 0 Å². The first-order valence-electron chi connectivity index (χ1n) is 6.39. The maximum Gasteiger partial charge on any atom is 0.370 e. The van der Waals surface area contributed by atoms with Gasteiger partial charge in [0, 0.05) is 18.6 Å². The van der Waals surface area contributed by atoms with Crippen LogP contribution >= 0.6 is 0 Å². The third kappa shape index (κ3) is 4.94. The lowest BCUT2D eigenvalue weighted by Gasteiger charge is -2.08. The molecule has 0 amide bonds. The molecule has 2 aromatic carbocycles. The molecule has 0 aromatic heterocycles. The Kier molecular flexibility index (Phi) is 6.68. The summed E-state index contributed by atoms with van der Waals surface area (Å²) in [6.07, 6.45) is 0.479. The number of carbonyl (C=O) groups excluding carboxylic acids is 1. The summed E-state index contributed by atoms with van der Waals surface area (Å²) in [5.41, 5.74) is 4.74. The first-order valence-corrected chi connectivity index (χ1v) is 6.39. The van der Waals surface area contributed by atoms with Gasteiger partial charge in [-0.2, -0.15) is 0 Å². The van der Waals surface area contributed by atoms with E-state index in [2.05, 4.69) is 5.73 Å². The molecule has 116 valence electrons. The molecule has 6 nitrogen and oxygen atoms in total. The van der Waals surface area contributed by atoms with Crippen LogP contribution in [0.5, 0.6) is 5.75 Å². The molecule has 0 aliphatic rings. The molecule has 0 bridgehead atoms. The van der Waals surface area contributed by atoms with Gasteiger partial charge in [0.15, 0.2) is 6.04 Å². The summed E-state index contributed by atoms with van der Waals surface area (Å²) in [7, 11) is 0. The Labute approximate surface area is 137 Å². The number of halogens is 1. The highest BCUT2D eigenvalue weighted by molar-refractivity contribution is 5.77. The third-order valence-electron chi connectivity index (χ3n) is 2.92. The Morgan fingerprint density at radius 3 is 2.27 bits per heavy atom. The molecule has 2 aromatic rings. The molecular formula is C15H15BrN2O4. The largest absolute Gasteiger partial charge is 1.00 e. The number of carbonyl (C=O) groups is 1. The summed E-state index contributed by atoms with van der Waals surface area (Å²) in [5, 5.41) is 10.5. The maximum atomic E-state index is 11.9. The van der Waals surface area contributed by atoms with E-state index < -0.39 is 16.9 Å². The second kappa shape index (κ2) is 8.26. The van der Waals surface area contributed by atoms with Crippen molar-refractivity contribution >= 4 is 11.7 Å². The summed E-state index contributed by atoms with van der Waals surface area (Å²) in [6, 6.07) is 14.3. The Balaban J connectivity index is 0.00000242. The number of ether oxygens (including phenoxy) is 1. The molecule has 0 aliphatic carbocycles. The van der Waals surface area contributed by atoms with E-state index in [-0.39, 0.29) is 28.4 Å². The van der Waals surface area contributed by atoms with Gasteiger partial charge in [-0.25, -0.2) is 4.79 Å². The lowest BCUT2D eigenvalue weighted by atomic mass is 10.1. The Hall–Kier alpha value is -2.25. The van der Waals surface area contributed by atoms with E-state index >= 15 is 0 Å². The zero-order chi connectivity index (χ0) is 15.2. The average Bonchev–Trinajstić information content (AvgIpc) is 2.48. The molecule has 1 atom stereocenters. The van der Waals surface area contributed by atoms with E-state index in [1.54, 1.807) is 0 Å². The summed E-state index contributed by atoms with van der Waals surface area (Å²) in [4.78, 5) is 21.9. The molecule has 0 unspecified atom stereocenters. The zero-order valence-electron chi connectivity index (χ0n) is 11.6. The van der Waals surface area contributed by atoms with Gasteiger partial charge >= 0.3 is 5.97 Å². The zero-order valence-corrected chi connectivity index (χ0v) is 13.2. The second-order valence-corrected chi connectivity index (χ2v) is 4.56. The van der Waals surface area contributed by atoms with Crippen molar-refractivity contribution in [3.8, 4) is 5.75 Å². The van der Waals surface area contributed by atoms with Crippen LogP contribution in [0.25, 0.3) is 0 Å². The SMILES string of the molecule is [Br-].[NH3+][C@H](Cc1ccccc1)C(=O)Oc1ccc([N+](=O)[O-])cc1. The van der Waals surface area contributed by atoms with Gasteiger partial charge in [-0.05, 0) is 17.7 Å². The molecule has 3 N–H and O–H groups in total. The molecule has 0 aliphatic heterocycles. The van der Waals surface area contributed by atoms with Gasteiger partial charge in [0.25, 0.3) is 5.69 Å². The molecule has 0 fully saturated rings. The molecule has 7 heteroatoms. The molecule has 22 heavy (non-hydrogen) atoms. The predicted octanol–water partition coefficient (Wildman–Crippen LogP) is -1.64. The average molecular weight is 367 g/mol. The highest BCUT2D eigenvalue weighted by atomic mass is 79.9. The minimum Gasteiger partial charge on any atom is -1.00 e. The van der Waals surface area contributed by atoms with Crippen molar-refractivity contribution in [1.82, 2.24) is 0 Å². The summed E-state index contributed by atoms with van der Waals surface area (Å²) >= 11 is 0. The van der Waals surface area contributed by atoms with E-state index in [1.165, 1.54) is 24.3 Å². The van der Waals surface area contributed by atoms with Crippen LogP contribution in [0.2, 0.25) is 0 Å². The molecule has 0 saturated heterocycles. The van der Waals surface area contributed by atoms with Crippen molar-refractivity contribution in [1.29, 1.82) is 0 Å². The van der Waals surface area contributed by atoms with Gasteiger partial charge in [-0.15, -0.1) is 0 Å². The van der Waals surface area contributed by atoms with Gasteiger partial charge in [-0.3, -0.25) is 10.1 Å². The minimum atomic E-state index is -0.539. The second-order valence-electron chi connectivity index (χ2n) is 4.56. The molecule has 0 saturated carbocycles. The van der Waals surface area contributed by atoms with E-state index in [0.29, 0.717) is 6.42 Å². The van der Waals surface area contributed by atoms with Crippen LogP contribution < -0.4 is 27.5 Å². The number of rotatable bonds is 5. The van der Waals surface area contributed by atoms with Crippen molar-refractivity contribution in [2.45, 2.75) is 12.5 Å². The van der Waals surface area contributed by atoms with E-state index in [9.17, 15) is 14.9 Å². The minimum absolute atomic E-state index is 0. The summed E-state index contributed by atoms with van der Waals surface area (Å²) < 4.78 is 5.16. The van der Waals surface area contributed by atoms with Crippen molar-refractivity contribution in [3.63, 3.8) is 0 Å². The van der Waals surface area contributed by atoms with Crippen LogP contribution in [-0.2, 0) is 11.2 Å². The van der Waals surface area contributed by atoms with Crippen LogP contribution in [0.1, 0.15) is 5.56 Å². The molecule has 0 heterocycles. The van der Waals surface area contributed by atoms with E-state index in [1.807, 2.05) is 30.3 Å². The standard InChI is InChI=1S/C15H14N2O4.BrH/c16-14(10-11-4-2-1-3-5-11)15(18)21-13-8-6-12(7-9-13)17(19)20;/h1-9,14H,10,16H2;1H/t14-;/m1./s1. The topological polar surface area (TPSA) is 97.1 Å². The van der Waals surface area contributed by atoms with E-state index in [0.717, 1.165) is 5.56 Å². The smallest absolute Gasteiger partial charge is 0.370 e. The van der Waals surface area contributed by atoms with Crippen LogP contribution in [0.4, 0.5) is 5.69 Å². The molecule has 0 radical (unpaired) electrons. The monoisotopic (exact) mass is 366 g/mol. The number of nitro benzene ring substituents is 1. The first kappa shape index (κ1) is 17.8. The normalized spacial score (nSPS) is 11.1. The number of hydrogen-bond acceptors (Lipinski definition) is 4. The molecule has 2 rings (SSSR count). The summed E-state index contributed by atoms with van der Waals surface area (Å²) in [6.45, 7) is 0. The number of nitro groups is 1. The van der Waals surface area contributed by atoms with Crippen molar-refractivity contribution in [3.05, 3.63) is 70.3 Å². The number of hydrogen-bond donors (Lipinski definition) is 1. The van der Waals surface area contributed by atoms with Crippen molar-refractivity contribution < 1.29 is 37.2 Å². The van der Waals surface area contributed by atoms with Gasteiger partial charge < -0.3 is 27.5 Å². The number of non-ortho nitro benzene ring substituents is 1.